The molecule has 3 N–H and O–H groups in total. The Morgan fingerprint density at radius 1 is 0.860 bits per heavy atom. The van der Waals surface area contributed by atoms with Crippen LogP contribution in [0.3, 0.4) is 0 Å². The molecule has 0 spiro atoms. The molecule has 0 radical (unpaired) electrons. The molecule has 0 fully saturated rings. The monoisotopic (exact) mass is 685 g/mol. The molecule has 2 unspecified atom stereocenters. The smallest absolute Gasteiger partial charge is 0.305 e. The quantitative estimate of drug-likeness (QED) is 0.0179. The maximum Gasteiger partial charge on any atom is 0.305 e. The second-order valence-corrected chi connectivity index (χ2v) is 13.0. The Bertz CT molecular complexity index is 1350. The second kappa shape index (κ2) is 26.4. The number of hydrogen-bond donors (Lipinski definition) is 3. The summed E-state index contributed by atoms with van der Waals surface area (Å²) >= 11 is 0. The van der Waals surface area contributed by atoms with Gasteiger partial charge in [-0.1, -0.05) is 98.1 Å². The van der Waals surface area contributed by atoms with E-state index in [4.69, 9.17) is 0 Å². The molecular weight excluding hydrogens is 622 g/mol. The van der Waals surface area contributed by atoms with E-state index in [1.165, 1.54) is 0 Å². The third-order valence-corrected chi connectivity index (χ3v) is 8.83. The van der Waals surface area contributed by atoms with Gasteiger partial charge in [0.2, 0.25) is 0 Å². The molecule has 0 aromatic heterocycles. The predicted octanol–water partition coefficient (Wildman–Crippen LogP) is 9.96. The van der Waals surface area contributed by atoms with Crippen LogP contribution < -0.4 is 10.6 Å². The average molecular weight is 686 g/mol. The number of nitrogens with one attached hydrogen (secondary N) is 2. The van der Waals surface area contributed by atoms with Crippen LogP contribution in [-0.2, 0) is 14.4 Å². The van der Waals surface area contributed by atoms with Crippen molar-refractivity contribution in [2.45, 2.75) is 112 Å². The molecule has 0 saturated carbocycles. The van der Waals surface area contributed by atoms with Crippen molar-refractivity contribution in [1.29, 1.82) is 5.26 Å². The number of rotatable bonds is 29. The zero-order chi connectivity index (χ0) is 37.8. The third-order valence-electron chi connectivity index (χ3n) is 8.83. The maximum absolute atomic E-state index is 11.9. The highest BCUT2D eigenvalue weighted by Crippen LogP contribution is 2.44. The molecule has 0 amide bonds. The zero-order valence-electron chi connectivity index (χ0n) is 31.5. The van der Waals surface area contributed by atoms with Crippen LogP contribution >= 0.6 is 0 Å². The largest absolute Gasteiger partial charge is 0.481 e. The molecule has 0 aromatic carbocycles. The lowest BCUT2D eigenvalue weighted by molar-refractivity contribution is -0.136. The molecule has 50 heavy (non-hydrogen) atoms. The van der Waals surface area contributed by atoms with Crippen molar-refractivity contribution in [1.82, 2.24) is 10.6 Å². The van der Waals surface area contributed by atoms with Gasteiger partial charge in [0.15, 0.2) is 0 Å². The maximum atomic E-state index is 11.9. The number of carboxylic acids is 1. The van der Waals surface area contributed by atoms with Crippen LogP contribution in [0, 0.1) is 22.2 Å². The number of aldehydes is 2. The van der Waals surface area contributed by atoms with Crippen LogP contribution in [-0.4, -0.2) is 36.7 Å². The molecule has 0 heterocycles. The van der Waals surface area contributed by atoms with Crippen LogP contribution in [0.25, 0.3) is 0 Å². The highest BCUT2D eigenvalue weighted by Gasteiger charge is 2.35. The van der Waals surface area contributed by atoms with E-state index in [-0.39, 0.29) is 18.4 Å². The summed E-state index contributed by atoms with van der Waals surface area (Å²) < 4.78 is 0. The van der Waals surface area contributed by atoms with Gasteiger partial charge in [0.05, 0.1) is 18.1 Å². The molecule has 7 nitrogen and oxygen atoms in total. The minimum Gasteiger partial charge on any atom is -0.481 e. The van der Waals surface area contributed by atoms with E-state index in [2.05, 4.69) is 64.1 Å². The highest BCUT2D eigenvalue weighted by molar-refractivity contribution is 5.78. The minimum absolute atomic E-state index is 0.0900. The van der Waals surface area contributed by atoms with Crippen LogP contribution in [0.1, 0.15) is 112 Å². The number of carbonyl (C=O) groups excluding carboxylic acids is 2. The molecular formula is C43H63N3O4. The first-order chi connectivity index (χ1) is 24.0. The lowest BCUT2D eigenvalue weighted by Gasteiger charge is -2.37. The predicted molar refractivity (Wildman–Crippen MR) is 209 cm³/mol. The summed E-state index contributed by atoms with van der Waals surface area (Å²) in [4.78, 5) is 35.2. The minimum atomic E-state index is -0.923. The molecule has 7 heteroatoms. The number of nitrogens with zero attached hydrogens (tertiary/aromatic N) is 1. The standard InChI is InChI=1S/C43H63N3O4/c1-9-14-24-42(8,35(6)30-39(34-48)21-28-45-27-13-5)25-16-18-37(32-44)19-20-40(46-29-22-41(49)50)43(23-12-4,26-15-10-2)36(7)31-38(33-47)17-11-3/h12,16,18-21,28,30-31,33-34,45-46H,4,6-7,9-11,13-15,17,22-27,29H2,1-3,5,8H3,(H,49,50)/b18-16+,28-21-,37-19-,38-31+,39-30+,40-20+. The Morgan fingerprint density at radius 2 is 1.56 bits per heavy atom. The Hall–Kier alpha value is -4.44. The lowest BCUT2D eigenvalue weighted by Crippen LogP contribution is -2.34. The first-order valence-corrected chi connectivity index (χ1v) is 18.1. The van der Waals surface area contributed by atoms with Crippen LogP contribution in [0.4, 0.5) is 0 Å². The van der Waals surface area contributed by atoms with Crippen molar-refractivity contribution in [3.05, 3.63) is 108 Å². The molecule has 274 valence electrons. The van der Waals surface area contributed by atoms with Gasteiger partial charge in [-0.05, 0) is 97.2 Å². The normalized spacial score (nSPS) is 15.2. The number of hydrogen-bond acceptors (Lipinski definition) is 6. The van der Waals surface area contributed by atoms with Gasteiger partial charge in [0.25, 0.3) is 0 Å². The van der Waals surface area contributed by atoms with Crippen LogP contribution in [0.5, 0.6) is 0 Å². The molecule has 2 atom stereocenters. The Morgan fingerprint density at radius 3 is 2.12 bits per heavy atom. The summed E-state index contributed by atoms with van der Waals surface area (Å²) in [6.07, 6.45) is 26.9. The summed E-state index contributed by atoms with van der Waals surface area (Å²) in [6.45, 7) is 24.3. The van der Waals surface area contributed by atoms with Gasteiger partial charge in [0.1, 0.15) is 12.6 Å². The van der Waals surface area contributed by atoms with Crippen molar-refractivity contribution >= 4 is 18.5 Å². The molecule has 0 aromatic rings. The second-order valence-electron chi connectivity index (χ2n) is 13.0. The summed E-state index contributed by atoms with van der Waals surface area (Å²) in [5.41, 5.74) is 2.90. The van der Waals surface area contributed by atoms with Crippen molar-refractivity contribution in [3.8, 4) is 6.07 Å². The van der Waals surface area contributed by atoms with Crippen LogP contribution in [0.2, 0.25) is 0 Å². The van der Waals surface area contributed by atoms with Gasteiger partial charge in [0, 0.05) is 29.8 Å². The summed E-state index contributed by atoms with van der Waals surface area (Å²) in [6, 6.07) is 2.29. The van der Waals surface area contributed by atoms with Gasteiger partial charge < -0.3 is 15.7 Å². The number of aliphatic carboxylic acids is 1. The zero-order valence-corrected chi connectivity index (χ0v) is 31.5. The van der Waals surface area contributed by atoms with Crippen molar-refractivity contribution in [3.63, 3.8) is 0 Å². The third kappa shape index (κ3) is 16.8. The van der Waals surface area contributed by atoms with E-state index in [1.54, 1.807) is 24.4 Å². The molecule has 0 bridgehead atoms. The molecule has 0 saturated heterocycles. The highest BCUT2D eigenvalue weighted by atomic mass is 16.4. The summed E-state index contributed by atoms with van der Waals surface area (Å²) in [5, 5.41) is 26.1. The van der Waals surface area contributed by atoms with E-state index in [0.29, 0.717) is 42.4 Å². The van der Waals surface area contributed by atoms with Gasteiger partial charge in [-0.3, -0.25) is 14.4 Å². The summed E-state index contributed by atoms with van der Waals surface area (Å²) in [5.74, 6) is -0.923. The number of unbranched alkanes of at least 4 members (excludes halogenated alkanes) is 2. The van der Waals surface area contributed by atoms with E-state index in [0.717, 1.165) is 80.9 Å². The molecule has 0 aliphatic carbocycles. The molecule has 0 rings (SSSR count). The van der Waals surface area contributed by atoms with Crippen molar-refractivity contribution in [2.24, 2.45) is 10.8 Å². The first kappa shape index (κ1) is 45.6. The Labute approximate surface area is 303 Å². The fourth-order valence-electron chi connectivity index (χ4n) is 5.63. The number of carbonyl (C=O) groups is 3. The SMILES string of the molecule is C=CCC(CCCC)(C(=C)/C=C(/C=O)CCC)\C(=C/C=C(C#N)/C=C/CC(C)(CCCC)C(=C)/C=C(C=O)\C=C/NCCC)NCCC(=O)O. The lowest BCUT2D eigenvalue weighted by atomic mass is 9.70. The number of nitriles is 1. The van der Waals surface area contributed by atoms with E-state index >= 15 is 0 Å². The van der Waals surface area contributed by atoms with Crippen molar-refractivity contribution < 1.29 is 19.5 Å². The Kier molecular flexibility index (Phi) is 24.1. The molecule has 0 aliphatic rings. The van der Waals surface area contributed by atoms with E-state index < -0.39 is 11.4 Å². The fourth-order valence-corrected chi connectivity index (χ4v) is 5.63. The number of allylic oxidation sites excluding steroid dienone is 13. The van der Waals surface area contributed by atoms with Gasteiger partial charge in [-0.2, -0.15) is 5.26 Å². The fraction of sp³-hybridized carbons (Fsp3) is 0.488. The molecule has 0 aliphatic heterocycles. The summed E-state index contributed by atoms with van der Waals surface area (Å²) in [7, 11) is 0. The van der Waals surface area contributed by atoms with Crippen LogP contribution in [0.15, 0.2) is 108 Å². The topological polar surface area (TPSA) is 119 Å². The van der Waals surface area contributed by atoms with Gasteiger partial charge in [-0.25, -0.2) is 0 Å². The van der Waals surface area contributed by atoms with E-state index in [9.17, 15) is 24.8 Å². The first-order valence-electron chi connectivity index (χ1n) is 18.1. The van der Waals surface area contributed by atoms with Crippen molar-refractivity contribution in [2.75, 3.05) is 13.1 Å². The Balaban J connectivity index is 6.92. The van der Waals surface area contributed by atoms with Gasteiger partial charge >= 0.3 is 5.97 Å². The number of carboxylic acid groups (broad SMARTS) is 1. The van der Waals surface area contributed by atoms with E-state index in [1.807, 2.05) is 37.3 Å². The average Bonchev–Trinajstić information content (AvgIpc) is 3.10. The van der Waals surface area contributed by atoms with Gasteiger partial charge in [-0.15, -0.1) is 6.58 Å².